The van der Waals surface area contributed by atoms with Crippen molar-refractivity contribution in [2.75, 3.05) is 12.4 Å². The summed E-state index contributed by atoms with van der Waals surface area (Å²) < 4.78 is 15.8. The van der Waals surface area contributed by atoms with E-state index in [1.807, 2.05) is 32.2 Å². The predicted molar refractivity (Wildman–Crippen MR) is 123 cm³/mol. The summed E-state index contributed by atoms with van der Waals surface area (Å²) >= 11 is 3.50. The van der Waals surface area contributed by atoms with Crippen LogP contribution in [-0.2, 0) is 0 Å². The number of hydrogen-bond donors (Lipinski definition) is 2. The Balaban J connectivity index is 1.68. The summed E-state index contributed by atoms with van der Waals surface area (Å²) in [6.45, 7) is 2.01. The number of benzene rings is 2. The fourth-order valence-corrected chi connectivity index (χ4v) is 3.93. The number of pyridine rings is 1. The fourth-order valence-electron chi connectivity index (χ4n) is 3.48. The Morgan fingerprint density at radius 1 is 1.16 bits per heavy atom. The number of halogens is 2. The normalized spacial score (nSPS) is 12.0. The number of carbonyl (C=O) groups excluding carboxylic acids is 1. The molecule has 1 unspecified atom stereocenters. The highest BCUT2D eigenvalue weighted by atomic mass is 79.9. The number of nitrogens with zero attached hydrogens (tertiary/aromatic N) is 3. The molecule has 8 heteroatoms. The number of anilines is 1. The van der Waals surface area contributed by atoms with Crippen molar-refractivity contribution in [2.45, 2.75) is 19.4 Å². The van der Waals surface area contributed by atoms with Gasteiger partial charge in [0.25, 0.3) is 5.91 Å². The Morgan fingerprint density at radius 2 is 1.94 bits per heavy atom. The number of carbonyl (C=O) groups is 1. The van der Waals surface area contributed by atoms with Gasteiger partial charge in [0, 0.05) is 23.1 Å². The molecule has 31 heavy (non-hydrogen) atoms. The topological polar surface area (TPSA) is 71.8 Å². The van der Waals surface area contributed by atoms with Gasteiger partial charge in [0.05, 0.1) is 29.0 Å². The van der Waals surface area contributed by atoms with Crippen LogP contribution >= 0.6 is 15.9 Å². The molecule has 1 amide bonds. The summed E-state index contributed by atoms with van der Waals surface area (Å²) in [7, 11) is 1.81. The summed E-state index contributed by atoms with van der Waals surface area (Å²) in [4.78, 5) is 17.6. The van der Waals surface area contributed by atoms with Crippen LogP contribution in [0.1, 0.15) is 35.3 Å². The van der Waals surface area contributed by atoms with E-state index < -0.39 is 0 Å². The molecule has 2 heterocycles. The maximum Gasteiger partial charge on any atom is 0.252 e. The molecule has 0 bridgehead atoms. The van der Waals surface area contributed by atoms with Crippen LogP contribution in [0.15, 0.2) is 65.4 Å². The molecule has 0 aliphatic rings. The minimum Gasteiger partial charge on any atom is -0.373 e. The molecule has 6 nitrogen and oxygen atoms in total. The summed E-state index contributed by atoms with van der Waals surface area (Å²) in [6, 6.07) is 13.4. The van der Waals surface area contributed by atoms with Gasteiger partial charge in [-0.3, -0.25) is 4.79 Å². The van der Waals surface area contributed by atoms with Gasteiger partial charge in [0.2, 0.25) is 0 Å². The van der Waals surface area contributed by atoms with E-state index in [9.17, 15) is 9.18 Å². The Labute approximate surface area is 187 Å². The third-order valence-corrected chi connectivity index (χ3v) is 5.59. The van der Waals surface area contributed by atoms with E-state index in [4.69, 9.17) is 0 Å². The average Bonchev–Trinajstić information content (AvgIpc) is 3.21. The smallest absolute Gasteiger partial charge is 0.252 e. The minimum absolute atomic E-state index is 0.174. The van der Waals surface area contributed by atoms with Gasteiger partial charge in [-0.05, 0) is 54.4 Å². The Hall–Kier alpha value is -3.26. The van der Waals surface area contributed by atoms with Gasteiger partial charge in [-0.2, -0.15) is 5.10 Å². The number of nitrogens with one attached hydrogen (secondary N) is 2. The quantitative estimate of drug-likeness (QED) is 0.394. The zero-order valence-electron chi connectivity index (χ0n) is 17.1. The van der Waals surface area contributed by atoms with Crippen LogP contribution < -0.4 is 10.6 Å². The molecule has 0 spiro atoms. The molecular weight excluding hydrogens is 461 g/mol. The van der Waals surface area contributed by atoms with Gasteiger partial charge in [0.15, 0.2) is 0 Å². The third kappa shape index (κ3) is 4.29. The van der Waals surface area contributed by atoms with E-state index in [1.165, 1.54) is 12.1 Å². The second-order valence-corrected chi connectivity index (χ2v) is 8.00. The first-order valence-corrected chi connectivity index (χ1v) is 10.7. The van der Waals surface area contributed by atoms with Crippen molar-refractivity contribution >= 4 is 38.6 Å². The van der Waals surface area contributed by atoms with Crippen LogP contribution in [0.3, 0.4) is 0 Å². The van der Waals surface area contributed by atoms with Gasteiger partial charge >= 0.3 is 0 Å². The minimum atomic E-state index is -0.315. The molecule has 2 N–H and O–H groups in total. The molecule has 0 saturated carbocycles. The van der Waals surface area contributed by atoms with Crippen molar-refractivity contribution in [1.29, 1.82) is 0 Å². The lowest BCUT2D eigenvalue weighted by molar-refractivity contribution is 0.0937. The SMILES string of the molecule is CCC(NC(=O)c1cc(Br)cc2c1cnn2-c1ccc(F)cc1)c1ccc(NC)nc1. The zero-order valence-corrected chi connectivity index (χ0v) is 18.6. The lowest BCUT2D eigenvalue weighted by Gasteiger charge is -2.18. The maximum atomic E-state index is 13.3. The molecule has 1 atom stereocenters. The lowest BCUT2D eigenvalue weighted by Crippen LogP contribution is -2.28. The summed E-state index contributed by atoms with van der Waals surface area (Å²) in [5.41, 5.74) is 2.90. The van der Waals surface area contributed by atoms with Crippen molar-refractivity contribution in [1.82, 2.24) is 20.1 Å². The number of fused-ring (bicyclic) bond motifs is 1. The van der Waals surface area contributed by atoms with Crippen molar-refractivity contribution in [3.63, 3.8) is 0 Å². The van der Waals surface area contributed by atoms with Gasteiger partial charge < -0.3 is 10.6 Å². The van der Waals surface area contributed by atoms with Crippen LogP contribution in [0.4, 0.5) is 10.2 Å². The molecule has 158 valence electrons. The molecule has 2 aromatic heterocycles. The number of aromatic nitrogens is 3. The van der Waals surface area contributed by atoms with Crippen molar-refractivity contribution < 1.29 is 9.18 Å². The highest BCUT2D eigenvalue weighted by Gasteiger charge is 2.19. The van der Waals surface area contributed by atoms with E-state index in [1.54, 1.807) is 35.3 Å². The Morgan fingerprint density at radius 3 is 2.58 bits per heavy atom. The number of amides is 1. The van der Waals surface area contributed by atoms with E-state index in [-0.39, 0.29) is 17.8 Å². The Kier molecular flexibility index (Phi) is 5.99. The standard InChI is InChI=1S/C23H21BrFN5O/c1-3-20(14-4-9-22(26-2)27-12-14)29-23(31)18-10-15(24)11-21-19(18)13-28-30(21)17-7-5-16(25)6-8-17/h4-13,20H,3H2,1-2H3,(H,26,27)(H,29,31). The Bertz CT molecular complexity index is 1220. The van der Waals surface area contributed by atoms with Gasteiger partial charge in [-0.25, -0.2) is 14.1 Å². The predicted octanol–water partition coefficient (Wildman–Crippen LogP) is 5.24. The van der Waals surface area contributed by atoms with Crippen LogP contribution in [0.5, 0.6) is 0 Å². The first kappa shape index (κ1) is 21.0. The molecule has 0 aliphatic carbocycles. The molecule has 4 rings (SSSR count). The molecule has 4 aromatic rings. The van der Waals surface area contributed by atoms with Crippen LogP contribution in [-0.4, -0.2) is 27.7 Å². The fraction of sp³-hybridized carbons (Fsp3) is 0.174. The van der Waals surface area contributed by atoms with Gasteiger partial charge in [-0.1, -0.05) is 28.9 Å². The van der Waals surface area contributed by atoms with Crippen LogP contribution in [0.2, 0.25) is 0 Å². The van der Waals surface area contributed by atoms with Gasteiger partial charge in [0.1, 0.15) is 11.6 Å². The maximum absolute atomic E-state index is 13.3. The largest absolute Gasteiger partial charge is 0.373 e. The van der Waals surface area contributed by atoms with Crippen LogP contribution in [0, 0.1) is 5.82 Å². The third-order valence-electron chi connectivity index (χ3n) is 5.13. The monoisotopic (exact) mass is 481 g/mol. The molecule has 2 aromatic carbocycles. The second kappa shape index (κ2) is 8.85. The van der Waals surface area contributed by atoms with E-state index >= 15 is 0 Å². The highest BCUT2D eigenvalue weighted by molar-refractivity contribution is 9.10. The van der Waals surface area contributed by atoms with Crippen molar-refractivity contribution in [3.8, 4) is 5.69 Å². The average molecular weight is 482 g/mol. The molecule has 0 saturated heterocycles. The molecule has 0 fully saturated rings. The zero-order chi connectivity index (χ0) is 22.0. The first-order chi connectivity index (χ1) is 15.0. The number of hydrogen-bond acceptors (Lipinski definition) is 4. The highest BCUT2D eigenvalue weighted by Crippen LogP contribution is 2.27. The number of rotatable bonds is 6. The molecular formula is C23H21BrFN5O. The summed E-state index contributed by atoms with van der Waals surface area (Å²) in [5.74, 6) is 0.255. The summed E-state index contributed by atoms with van der Waals surface area (Å²) in [5, 5.41) is 11.2. The van der Waals surface area contributed by atoms with E-state index in [2.05, 4.69) is 36.6 Å². The van der Waals surface area contributed by atoms with E-state index in [0.717, 1.165) is 27.8 Å². The van der Waals surface area contributed by atoms with Crippen molar-refractivity contribution in [3.05, 3.63) is 82.3 Å². The first-order valence-electron chi connectivity index (χ1n) is 9.88. The van der Waals surface area contributed by atoms with Crippen LogP contribution in [0.25, 0.3) is 16.6 Å². The second-order valence-electron chi connectivity index (χ2n) is 7.08. The van der Waals surface area contributed by atoms with Gasteiger partial charge in [-0.15, -0.1) is 0 Å². The van der Waals surface area contributed by atoms with Crippen molar-refractivity contribution in [2.24, 2.45) is 0 Å². The lowest BCUT2D eigenvalue weighted by atomic mass is 10.0. The molecule has 0 radical (unpaired) electrons. The summed E-state index contributed by atoms with van der Waals surface area (Å²) in [6.07, 6.45) is 4.14. The van der Waals surface area contributed by atoms with E-state index in [0.29, 0.717) is 16.6 Å². The molecule has 0 aliphatic heterocycles.